The van der Waals surface area contributed by atoms with Crippen LogP contribution in [-0.4, -0.2) is 36.0 Å². The van der Waals surface area contributed by atoms with E-state index in [4.69, 9.17) is 9.47 Å². The number of amides is 2. The lowest BCUT2D eigenvalue weighted by atomic mass is 9.95. The highest BCUT2D eigenvalue weighted by atomic mass is 16.6. The summed E-state index contributed by atoms with van der Waals surface area (Å²) in [5, 5.41) is 5.42. The quantitative estimate of drug-likeness (QED) is 0.692. The fraction of sp³-hybridized carbons (Fsp3) is 0.667. The summed E-state index contributed by atoms with van der Waals surface area (Å²) < 4.78 is 10.3. The van der Waals surface area contributed by atoms with E-state index >= 15 is 0 Å². The Hall–Kier alpha value is -1.72. The maximum absolute atomic E-state index is 11.7. The zero-order chi connectivity index (χ0) is 13.3. The van der Waals surface area contributed by atoms with Crippen LogP contribution in [0.4, 0.5) is 9.59 Å². The Kier molecular flexibility index (Phi) is 3.19. The van der Waals surface area contributed by atoms with Crippen molar-refractivity contribution < 1.29 is 19.1 Å². The van der Waals surface area contributed by atoms with Crippen molar-refractivity contribution in [3.63, 3.8) is 0 Å². The summed E-state index contributed by atoms with van der Waals surface area (Å²) in [5.74, 6) is 0. The van der Waals surface area contributed by atoms with Crippen molar-refractivity contribution in [2.75, 3.05) is 0 Å². The van der Waals surface area contributed by atoms with Crippen LogP contribution in [0.5, 0.6) is 0 Å². The molecule has 2 N–H and O–H groups in total. The Bertz CT molecular complexity index is 386. The number of nitrogens with one attached hydrogen (secondary N) is 2. The van der Waals surface area contributed by atoms with Gasteiger partial charge in [-0.1, -0.05) is 12.2 Å². The molecule has 1 heterocycles. The smallest absolute Gasteiger partial charge is 0.408 e. The van der Waals surface area contributed by atoms with Crippen molar-refractivity contribution in [2.24, 2.45) is 0 Å². The molecule has 1 aliphatic carbocycles. The first-order chi connectivity index (χ1) is 8.35. The van der Waals surface area contributed by atoms with E-state index in [1.165, 1.54) is 0 Å². The Labute approximate surface area is 106 Å². The Balaban J connectivity index is 1.96. The van der Waals surface area contributed by atoms with Crippen LogP contribution in [-0.2, 0) is 9.47 Å². The van der Waals surface area contributed by atoms with Crippen molar-refractivity contribution in [1.29, 1.82) is 0 Å². The summed E-state index contributed by atoms with van der Waals surface area (Å²) in [4.78, 5) is 22.8. The molecule has 1 saturated heterocycles. The van der Waals surface area contributed by atoms with E-state index < -0.39 is 17.8 Å². The molecular formula is C12H18N2O4. The van der Waals surface area contributed by atoms with E-state index in [9.17, 15) is 9.59 Å². The molecule has 2 rings (SSSR count). The van der Waals surface area contributed by atoms with Gasteiger partial charge in [-0.3, -0.25) is 0 Å². The molecule has 1 fully saturated rings. The van der Waals surface area contributed by atoms with Gasteiger partial charge in [0.05, 0.1) is 12.1 Å². The topological polar surface area (TPSA) is 76.7 Å². The van der Waals surface area contributed by atoms with E-state index in [-0.39, 0.29) is 18.2 Å². The minimum absolute atomic E-state index is 0.220. The predicted octanol–water partition coefficient (Wildman–Crippen LogP) is 1.32. The molecule has 2 aliphatic rings. The number of fused-ring (bicyclic) bond motifs is 1. The van der Waals surface area contributed by atoms with Crippen LogP contribution in [0.1, 0.15) is 27.2 Å². The fourth-order valence-electron chi connectivity index (χ4n) is 2.05. The number of rotatable bonds is 1. The second kappa shape index (κ2) is 4.51. The second-order valence-electron chi connectivity index (χ2n) is 5.45. The molecule has 100 valence electrons. The third-order valence-electron chi connectivity index (χ3n) is 2.73. The molecule has 3 atom stereocenters. The van der Waals surface area contributed by atoms with Crippen LogP contribution < -0.4 is 10.6 Å². The van der Waals surface area contributed by atoms with Gasteiger partial charge in [-0.05, 0) is 20.8 Å². The third-order valence-corrected chi connectivity index (χ3v) is 2.73. The van der Waals surface area contributed by atoms with E-state index in [0.29, 0.717) is 6.42 Å². The van der Waals surface area contributed by atoms with E-state index in [1.807, 2.05) is 12.2 Å². The van der Waals surface area contributed by atoms with Crippen molar-refractivity contribution in [3.8, 4) is 0 Å². The van der Waals surface area contributed by atoms with Crippen LogP contribution in [0, 0.1) is 0 Å². The number of hydrogen-bond donors (Lipinski definition) is 2. The number of ether oxygens (including phenoxy) is 2. The van der Waals surface area contributed by atoms with Gasteiger partial charge in [-0.25, -0.2) is 9.59 Å². The summed E-state index contributed by atoms with van der Waals surface area (Å²) in [6.45, 7) is 5.39. The van der Waals surface area contributed by atoms with Gasteiger partial charge in [0.1, 0.15) is 11.7 Å². The Morgan fingerprint density at radius 1 is 1.56 bits per heavy atom. The predicted molar refractivity (Wildman–Crippen MR) is 64.1 cm³/mol. The van der Waals surface area contributed by atoms with E-state index in [1.54, 1.807) is 20.8 Å². The summed E-state index contributed by atoms with van der Waals surface area (Å²) in [6, 6.07) is -0.528. The first kappa shape index (κ1) is 12.7. The maximum atomic E-state index is 11.7. The number of carbonyl (C=O) groups excluding carboxylic acids is 2. The molecule has 18 heavy (non-hydrogen) atoms. The average molecular weight is 254 g/mol. The molecule has 0 bridgehead atoms. The van der Waals surface area contributed by atoms with Crippen molar-refractivity contribution in [3.05, 3.63) is 12.2 Å². The highest BCUT2D eigenvalue weighted by molar-refractivity contribution is 5.72. The van der Waals surface area contributed by atoms with Gasteiger partial charge in [-0.2, -0.15) is 0 Å². The second-order valence-corrected chi connectivity index (χ2v) is 5.45. The van der Waals surface area contributed by atoms with Gasteiger partial charge in [-0.15, -0.1) is 0 Å². The van der Waals surface area contributed by atoms with Crippen molar-refractivity contribution in [1.82, 2.24) is 10.6 Å². The molecule has 0 spiro atoms. The summed E-state index contributed by atoms with van der Waals surface area (Å²) in [6.07, 6.45) is 3.24. The molecule has 6 nitrogen and oxygen atoms in total. The summed E-state index contributed by atoms with van der Waals surface area (Å²) in [5.41, 5.74) is -0.544. The molecule has 1 aliphatic heterocycles. The normalized spacial score (nSPS) is 30.2. The molecule has 0 saturated carbocycles. The number of hydrogen-bond acceptors (Lipinski definition) is 4. The van der Waals surface area contributed by atoms with Crippen LogP contribution in [0.3, 0.4) is 0 Å². The third kappa shape index (κ3) is 2.94. The van der Waals surface area contributed by atoms with Crippen LogP contribution in [0.25, 0.3) is 0 Å². The van der Waals surface area contributed by atoms with Gasteiger partial charge < -0.3 is 20.1 Å². The first-order valence-electron chi connectivity index (χ1n) is 5.98. The average Bonchev–Trinajstić information content (AvgIpc) is 2.56. The van der Waals surface area contributed by atoms with Crippen LogP contribution >= 0.6 is 0 Å². The molecular weight excluding hydrogens is 236 g/mol. The van der Waals surface area contributed by atoms with E-state index in [0.717, 1.165) is 0 Å². The molecule has 0 aromatic heterocycles. The highest BCUT2D eigenvalue weighted by Gasteiger charge is 2.40. The lowest BCUT2D eigenvalue weighted by Gasteiger charge is -2.29. The number of alkyl carbamates (subject to hydrolysis) is 2. The molecule has 0 aromatic rings. The Morgan fingerprint density at radius 3 is 2.94 bits per heavy atom. The van der Waals surface area contributed by atoms with Gasteiger partial charge >= 0.3 is 12.2 Å². The minimum Gasteiger partial charge on any atom is -0.444 e. The molecule has 0 aromatic carbocycles. The summed E-state index contributed by atoms with van der Waals surface area (Å²) in [7, 11) is 0. The van der Waals surface area contributed by atoms with Crippen LogP contribution in [0.15, 0.2) is 12.2 Å². The SMILES string of the molecule is CC(C)(C)OC(=O)N[C@H]1C=CC[C@@H]2OC(=O)N[C@H]12. The summed E-state index contributed by atoms with van der Waals surface area (Å²) >= 11 is 0. The largest absolute Gasteiger partial charge is 0.444 e. The monoisotopic (exact) mass is 254 g/mol. The maximum Gasteiger partial charge on any atom is 0.408 e. The van der Waals surface area contributed by atoms with Gasteiger partial charge in [0.2, 0.25) is 0 Å². The number of carbonyl (C=O) groups is 2. The highest BCUT2D eigenvalue weighted by Crippen LogP contribution is 2.21. The zero-order valence-corrected chi connectivity index (χ0v) is 10.7. The first-order valence-corrected chi connectivity index (χ1v) is 5.98. The minimum atomic E-state index is -0.544. The van der Waals surface area contributed by atoms with Crippen LogP contribution in [0.2, 0.25) is 0 Å². The molecule has 0 radical (unpaired) electrons. The van der Waals surface area contributed by atoms with Crippen molar-refractivity contribution in [2.45, 2.75) is 51.0 Å². The zero-order valence-electron chi connectivity index (χ0n) is 10.7. The molecule has 0 unspecified atom stereocenters. The molecule has 2 amide bonds. The van der Waals surface area contributed by atoms with Gasteiger partial charge in [0.15, 0.2) is 0 Å². The Morgan fingerprint density at radius 2 is 2.28 bits per heavy atom. The van der Waals surface area contributed by atoms with Gasteiger partial charge in [0, 0.05) is 6.42 Å². The lowest BCUT2D eigenvalue weighted by molar-refractivity contribution is 0.0494. The lowest BCUT2D eigenvalue weighted by Crippen LogP contribution is -2.53. The van der Waals surface area contributed by atoms with E-state index in [2.05, 4.69) is 10.6 Å². The van der Waals surface area contributed by atoms with Crippen molar-refractivity contribution >= 4 is 12.2 Å². The van der Waals surface area contributed by atoms with Gasteiger partial charge in [0.25, 0.3) is 0 Å². The fourth-order valence-corrected chi connectivity index (χ4v) is 2.05. The molecule has 6 heteroatoms. The standard InChI is InChI=1S/C12H18N2O4/c1-12(2,3)18-11(16)13-7-5-4-6-8-9(7)14-10(15)17-8/h4-5,7-9H,6H2,1-3H3,(H,13,16)(H,14,15)/t7-,8-,9+/m0/s1.